The number of nitrogens with zero attached hydrogens (tertiary/aromatic N) is 2. The SMILES string of the molecule is CC(C)Cn1[c-][n+]2c3c(cccc31)Oc1c(C(C)C)cccc1-2. The molecule has 0 aliphatic carbocycles. The Morgan fingerprint density at radius 1 is 1.09 bits per heavy atom. The summed E-state index contributed by atoms with van der Waals surface area (Å²) >= 11 is 0. The molecule has 3 nitrogen and oxygen atoms in total. The largest absolute Gasteiger partial charge is 0.469 e. The number of imidazole rings is 1. The van der Waals surface area contributed by atoms with Crippen molar-refractivity contribution in [1.82, 2.24) is 4.57 Å². The molecule has 1 aliphatic rings. The van der Waals surface area contributed by atoms with Crippen LogP contribution in [-0.2, 0) is 6.54 Å². The normalized spacial score (nSPS) is 12.8. The minimum Gasteiger partial charge on any atom is -0.469 e. The van der Waals surface area contributed by atoms with Crippen molar-refractivity contribution in [1.29, 1.82) is 0 Å². The van der Waals surface area contributed by atoms with Gasteiger partial charge in [-0.05, 0) is 23.5 Å². The Hall–Kier alpha value is -2.29. The fourth-order valence-electron chi connectivity index (χ4n) is 3.33. The number of rotatable bonds is 3. The number of hydrogen-bond acceptors (Lipinski definition) is 1. The molecule has 0 amide bonds. The van der Waals surface area contributed by atoms with E-state index in [-0.39, 0.29) is 0 Å². The molecule has 0 N–H and O–H groups in total. The van der Waals surface area contributed by atoms with Crippen LogP contribution >= 0.6 is 0 Å². The van der Waals surface area contributed by atoms with Crippen LogP contribution in [0.1, 0.15) is 39.2 Å². The highest BCUT2D eigenvalue weighted by molar-refractivity contribution is 5.81. The summed E-state index contributed by atoms with van der Waals surface area (Å²) in [5, 5.41) is 0. The quantitative estimate of drug-likeness (QED) is 0.399. The molecule has 0 bridgehead atoms. The molecule has 23 heavy (non-hydrogen) atoms. The van der Waals surface area contributed by atoms with Gasteiger partial charge in [0.25, 0.3) is 0 Å². The minimum absolute atomic E-state index is 0.420. The lowest BCUT2D eigenvalue weighted by Gasteiger charge is -2.24. The Morgan fingerprint density at radius 2 is 1.87 bits per heavy atom. The van der Waals surface area contributed by atoms with Crippen LogP contribution in [0.5, 0.6) is 11.5 Å². The lowest BCUT2D eigenvalue weighted by Crippen LogP contribution is -2.33. The summed E-state index contributed by atoms with van der Waals surface area (Å²) in [6, 6.07) is 12.6. The molecule has 3 heteroatoms. The monoisotopic (exact) mass is 306 g/mol. The molecule has 3 aromatic rings. The third-order valence-electron chi connectivity index (χ3n) is 4.36. The van der Waals surface area contributed by atoms with Crippen molar-refractivity contribution in [3.63, 3.8) is 0 Å². The van der Waals surface area contributed by atoms with E-state index < -0.39 is 0 Å². The molecule has 4 rings (SSSR count). The molecule has 0 atom stereocenters. The summed E-state index contributed by atoms with van der Waals surface area (Å²) in [5.41, 5.74) is 4.61. The Bertz CT molecular complexity index is 890. The number of benzene rings is 2. The van der Waals surface area contributed by atoms with Gasteiger partial charge in [0.2, 0.25) is 6.33 Å². The standard InChI is InChI=1S/C20H22N2O/c1-13(2)11-21-12-22-17-9-5-7-15(14(3)4)20(17)23-18-10-6-8-16(21)19(18)22/h5-10,13-14H,11H2,1-4H3. The average Bonchev–Trinajstić information content (AvgIpc) is 2.87. The third-order valence-corrected chi connectivity index (χ3v) is 4.36. The lowest BCUT2D eigenvalue weighted by atomic mass is 10.0. The Labute approximate surface area is 137 Å². The summed E-state index contributed by atoms with van der Waals surface area (Å²) in [6.07, 6.45) is 3.54. The van der Waals surface area contributed by atoms with Crippen molar-refractivity contribution in [2.24, 2.45) is 5.92 Å². The lowest BCUT2D eigenvalue weighted by molar-refractivity contribution is -0.575. The van der Waals surface area contributed by atoms with Crippen LogP contribution in [0.4, 0.5) is 0 Å². The fourth-order valence-corrected chi connectivity index (χ4v) is 3.33. The van der Waals surface area contributed by atoms with Crippen LogP contribution in [0.25, 0.3) is 16.7 Å². The smallest absolute Gasteiger partial charge is 0.244 e. The van der Waals surface area contributed by atoms with E-state index in [0.717, 1.165) is 29.2 Å². The van der Waals surface area contributed by atoms with Crippen LogP contribution in [0, 0.1) is 12.2 Å². The molecule has 118 valence electrons. The van der Waals surface area contributed by atoms with E-state index in [1.807, 2.05) is 6.07 Å². The summed E-state index contributed by atoms with van der Waals surface area (Å²) in [5.74, 6) is 2.87. The molecule has 0 fully saturated rings. The number of fused-ring (bicyclic) bond motifs is 2. The van der Waals surface area contributed by atoms with Crippen molar-refractivity contribution >= 4 is 11.0 Å². The summed E-state index contributed by atoms with van der Waals surface area (Å²) < 4.78 is 10.7. The van der Waals surface area contributed by atoms with Crippen LogP contribution in [-0.4, -0.2) is 4.57 Å². The van der Waals surface area contributed by atoms with Crippen molar-refractivity contribution in [2.75, 3.05) is 0 Å². The van der Waals surface area contributed by atoms with Crippen molar-refractivity contribution < 1.29 is 9.30 Å². The third kappa shape index (κ3) is 2.14. The molecule has 1 aromatic heterocycles. The first-order chi connectivity index (χ1) is 11.1. The molecule has 0 unspecified atom stereocenters. The topological polar surface area (TPSA) is 18.0 Å². The number of hydrogen-bond donors (Lipinski definition) is 0. The molecule has 2 heterocycles. The Balaban J connectivity index is 2.01. The summed E-state index contributed by atoms with van der Waals surface area (Å²) in [6.45, 7) is 9.82. The maximum absolute atomic E-state index is 6.31. The zero-order valence-corrected chi connectivity index (χ0v) is 14.1. The zero-order chi connectivity index (χ0) is 16.1. The molecule has 0 radical (unpaired) electrons. The van der Waals surface area contributed by atoms with Crippen molar-refractivity contribution in [3.8, 4) is 17.2 Å². The molecule has 0 saturated carbocycles. The highest BCUT2D eigenvalue weighted by Crippen LogP contribution is 2.40. The van der Waals surface area contributed by atoms with Gasteiger partial charge in [-0.15, -0.1) is 0 Å². The van der Waals surface area contributed by atoms with Gasteiger partial charge < -0.3 is 13.9 Å². The number of ether oxygens (including phenoxy) is 1. The van der Waals surface area contributed by atoms with Gasteiger partial charge in [0.15, 0.2) is 0 Å². The van der Waals surface area contributed by atoms with Gasteiger partial charge in [0.05, 0.1) is 23.3 Å². The van der Waals surface area contributed by atoms with Crippen LogP contribution in [0.2, 0.25) is 0 Å². The molecule has 0 spiro atoms. The van der Waals surface area contributed by atoms with Crippen LogP contribution in [0.3, 0.4) is 0 Å². The van der Waals surface area contributed by atoms with Gasteiger partial charge in [-0.25, -0.2) is 0 Å². The first-order valence-electron chi connectivity index (χ1n) is 8.34. The van der Waals surface area contributed by atoms with Crippen molar-refractivity contribution in [2.45, 2.75) is 40.2 Å². The van der Waals surface area contributed by atoms with Gasteiger partial charge in [-0.2, -0.15) is 0 Å². The maximum atomic E-state index is 6.31. The minimum atomic E-state index is 0.420. The predicted molar refractivity (Wildman–Crippen MR) is 91.3 cm³/mol. The molecule has 2 aromatic carbocycles. The first kappa shape index (κ1) is 14.3. The number of para-hydroxylation sites is 2. The highest BCUT2D eigenvalue weighted by atomic mass is 16.5. The molecule has 0 saturated heterocycles. The van der Waals surface area contributed by atoms with Gasteiger partial charge in [0.1, 0.15) is 11.5 Å². The summed E-state index contributed by atoms with van der Waals surface area (Å²) in [4.78, 5) is 0. The predicted octanol–water partition coefficient (Wildman–Crippen LogP) is 4.60. The number of aromatic nitrogens is 2. The van der Waals surface area contributed by atoms with E-state index >= 15 is 0 Å². The van der Waals surface area contributed by atoms with E-state index in [2.05, 4.69) is 73.5 Å². The second-order valence-corrected chi connectivity index (χ2v) is 7.02. The van der Waals surface area contributed by atoms with Gasteiger partial charge in [-0.3, -0.25) is 0 Å². The van der Waals surface area contributed by atoms with Gasteiger partial charge in [-0.1, -0.05) is 58.0 Å². The fraction of sp³-hybridized carbons (Fsp3) is 0.350. The molecular weight excluding hydrogens is 284 g/mol. The summed E-state index contributed by atoms with van der Waals surface area (Å²) in [7, 11) is 0. The van der Waals surface area contributed by atoms with E-state index in [9.17, 15) is 0 Å². The van der Waals surface area contributed by atoms with Crippen LogP contribution < -0.4 is 9.30 Å². The molecule has 1 aliphatic heterocycles. The highest BCUT2D eigenvalue weighted by Gasteiger charge is 2.24. The van der Waals surface area contributed by atoms with Crippen molar-refractivity contribution in [3.05, 3.63) is 48.3 Å². The average molecular weight is 306 g/mol. The second-order valence-electron chi connectivity index (χ2n) is 7.02. The Morgan fingerprint density at radius 3 is 2.61 bits per heavy atom. The van der Waals surface area contributed by atoms with Gasteiger partial charge >= 0.3 is 0 Å². The second kappa shape index (κ2) is 5.12. The van der Waals surface area contributed by atoms with Gasteiger partial charge in [0, 0.05) is 0 Å². The molecular formula is C20H22N2O. The van der Waals surface area contributed by atoms with E-state index in [1.54, 1.807) is 0 Å². The Kier molecular flexibility index (Phi) is 3.19. The van der Waals surface area contributed by atoms with E-state index in [4.69, 9.17) is 4.74 Å². The maximum Gasteiger partial charge on any atom is 0.244 e. The zero-order valence-electron chi connectivity index (χ0n) is 14.1. The van der Waals surface area contributed by atoms with E-state index in [0.29, 0.717) is 11.8 Å². The first-order valence-corrected chi connectivity index (χ1v) is 8.34. The van der Waals surface area contributed by atoms with E-state index in [1.165, 1.54) is 11.1 Å². The van der Waals surface area contributed by atoms with Crippen LogP contribution in [0.15, 0.2) is 36.4 Å².